The van der Waals surface area contributed by atoms with Crippen LogP contribution >= 0.6 is 0 Å². The van der Waals surface area contributed by atoms with Crippen molar-refractivity contribution < 1.29 is 9.53 Å². The van der Waals surface area contributed by atoms with Gasteiger partial charge in [0.15, 0.2) is 0 Å². The molecule has 0 aliphatic rings. The molecule has 0 amide bonds. The summed E-state index contributed by atoms with van der Waals surface area (Å²) in [7, 11) is 0. The molecule has 0 saturated carbocycles. The summed E-state index contributed by atoms with van der Waals surface area (Å²) in [4.78, 5) is 14.5. The second-order valence-electron chi connectivity index (χ2n) is 4.73. The van der Waals surface area contributed by atoms with Gasteiger partial charge in [0.05, 0.1) is 13.0 Å². The van der Waals surface area contributed by atoms with Crippen LogP contribution in [0, 0.1) is 5.92 Å². The molecule has 0 spiro atoms. The standard InChI is InChI=1S/C14H25N3O2/c1-5-7-8-9-13(16-17-15)12(11(3)4)10-14(18)19-6-2/h12-13H,3,5-10H2,1-2,4H3/t12-,13+/m1/s1. The average molecular weight is 267 g/mol. The van der Waals surface area contributed by atoms with Crippen molar-refractivity contribution in [3.8, 4) is 0 Å². The topological polar surface area (TPSA) is 75.1 Å². The lowest BCUT2D eigenvalue weighted by molar-refractivity contribution is -0.144. The van der Waals surface area contributed by atoms with E-state index in [1.54, 1.807) is 6.92 Å². The van der Waals surface area contributed by atoms with E-state index in [1.807, 2.05) is 6.92 Å². The third-order valence-corrected chi connectivity index (χ3v) is 3.09. The number of esters is 1. The molecule has 0 aliphatic carbocycles. The summed E-state index contributed by atoms with van der Waals surface area (Å²) in [5.74, 6) is -0.393. The maximum atomic E-state index is 11.6. The van der Waals surface area contributed by atoms with Gasteiger partial charge in [0, 0.05) is 11.0 Å². The summed E-state index contributed by atoms with van der Waals surface area (Å²) >= 11 is 0. The van der Waals surface area contributed by atoms with E-state index < -0.39 is 0 Å². The molecule has 2 atom stereocenters. The number of unbranched alkanes of at least 4 members (excludes halogenated alkanes) is 2. The van der Waals surface area contributed by atoms with Crippen LogP contribution in [0.2, 0.25) is 0 Å². The Bertz CT molecular complexity index is 336. The Kier molecular flexibility index (Phi) is 9.63. The van der Waals surface area contributed by atoms with Crippen molar-refractivity contribution in [3.63, 3.8) is 0 Å². The van der Waals surface area contributed by atoms with Crippen LogP contribution in [0.4, 0.5) is 0 Å². The maximum Gasteiger partial charge on any atom is 0.306 e. The molecule has 0 fully saturated rings. The molecule has 5 heteroatoms. The van der Waals surface area contributed by atoms with E-state index >= 15 is 0 Å². The lowest BCUT2D eigenvalue weighted by Gasteiger charge is -2.23. The first-order valence-corrected chi connectivity index (χ1v) is 6.91. The number of carbonyl (C=O) groups is 1. The van der Waals surface area contributed by atoms with E-state index in [2.05, 4.69) is 23.5 Å². The van der Waals surface area contributed by atoms with Crippen LogP contribution in [0.3, 0.4) is 0 Å². The largest absolute Gasteiger partial charge is 0.466 e. The number of hydrogen-bond acceptors (Lipinski definition) is 3. The minimum Gasteiger partial charge on any atom is -0.466 e. The first-order chi connectivity index (χ1) is 9.06. The lowest BCUT2D eigenvalue weighted by Crippen LogP contribution is -2.23. The normalized spacial score (nSPS) is 13.2. The number of azide groups is 1. The van der Waals surface area contributed by atoms with Crippen molar-refractivity contribution in [1.29, 1.82) is 0 Å². The molecule has 0 N–H and O–H groups in total. The highest BCUT2D eigenvalue weighted by atomic mass is 16.5. The predicted octanol–water partition coefficient (Wildman–Crippen LogP) is 4.39. The number of hydrogen-bond donors (Lipinski definition) is 0. The maximum absolute atomic E-state index is 11.6. The van der Waals surface area contributed by atoms with Gasteiger partial charge in [-0.3, -0.25) is 4.79 Å². The van der Waals surface area contributed by atoms with Crippen molar-refractivity contribution in [1.82, 2.24) is 0 Å². The lowest BCUT2D eigenvalue weighted by atomic mass is 9.87. The molecule has 0 aromatic rings. The molecule has 0 bridgehead atoms. The molecule has 0 heterocycles. The third-order valence-electron chi connectivity index (χ3n) is 3.09. The summed E-state index contributed by atoms with van der Waals surface area (Å²) in [5.41, 5.74) is 9.54. The minimum absolute atomic E-state index is 0.133. The Morgan fingerprint density at radius 2 is 2.11 bits per heavy atom. The van der Waals surface area contributed by atoms with E-state index in [4.69, 9.17) is 10.3 Å². The quantitative estimate of drug-likeness (QED) is 0.147. The van der Waals surface area contributed by atoms with Crippen molar-refractivity contribution in [2.24, 2.45) is 11.0 Å². The van der Waals surface area contributed by atoms with E-state index in [9.17, 15) is 4.79 Å². The van der Waals surface area contributed by atoms with Crippen LogP contribution < -0.4 is 0 Å². The van der Waals surface area contributed by atoms with Crippen molar-refractivity contribution in [2.75, 3.05) is 6.61 Å². The summed E-state index contributed by atoms with van der Waals surface area (Å²) in [6, 6.07) is -0.210. The smallest absolute Gasteiger partial charge is 0.306 e. The summed E-state index contributed by atoms with van der Waals surface area (Å²) < 4.78 is 4.96. The Morgan fingerprint density at radius 3 is 2.58 bits per heavy atom. The Morgan fingerprint density at radius 1 is 1.42 bits per heavy atom. The first-order valence-electron chi connectivity index (χ1n) is 6.91. The second kappa shape index (κ2) is 10.4. The van der Waals surface area contributed by atoms with Crippen LogP contribution in [0.1, 0.15) is 52.9 Å². The fraction of sp³-hybridized carbons (Fsp3) is 0.786. The average Bonchev–Trinajstić information content (AvgIpc) is 2.35. The van der Waals surface area contributed by atoms with E-state index in [0.29, 0.717) is 6.61 Å². The summed E-state index contributed by atoms with van der Waals surface area (Å²) in [6.07, 6.45) is 4.22. The molecular weight excluding hydrogens is 242 g/mol. The predicted molar refractivity (Wildman–Crippen MR) is 76.6 cm³/mol. The van der Waals surface area contributed by atoms with E-state index in [0.717, 1.165) is 31.3 Å². The zero-order valence-corrected chi connectivity index (χ0v) is 12.3. The van der Waals surface area contributed by atoms with Gasteiger partial charge >= 0.3 is 5.97 Å². The van der Waals surface area contributed by atoms with Gasteiger partial charge in [0.1, 0.15) is 0 Å². The van der Waals surface area contributed by atoms with Crippen LogP contribution in [-0.4, -0.2) is 18.6 Å². The fourth-order valence-electron chi connectivity index (χ4n) is 2.05. The number of carbonyl (C=O) groups excluding carboxylic acids is 1. The van der Waals surface area contributed by atoms with Gasteiger partial charge in [0.25, 0.3) is 0 Å². The highest BCUT2D eigenvalue weighted by molar-refractivity contribution is 5.70. The highest BCUT2D eigenvalue weighted by Gasteiger charge is 2.24. The van der Waals surface area contributed by atoms with Gasteiger partial charge in [-0.1, -0.05) is 43.5 Å². The van der Waals surface area contributed by atoms with Crippen LogP contribution in [0.25, 0.3) is 10.4 Å². The zero-order valence-electron chi connectivity index (χ0n) is 12.3. The molecule has 0 aromatic heterocycles. The van der Waals surface area contributed by atoms with Gasteiger partial charge in [-0.25, -0.2) is 0 Å². The van der Waals surface area contributed by atoms with E-state index in [1.165, 1.54) is 0 Å². The molecule has 0 rings (SSSR count). The van der Waals surface area contributed by atoms with Crippen LogP contribution in [0.15, 0.2) is 17.3 Å². The minimum atomic E-state index is -0.260. The van der Waals surface area contributed by atoms with Crippen LogP contribution in [0.5, 0.6) is 0 Å². The zero-order chi connectivity index (χ0) is 14.7. The number of ether oxygens (including phenoxy) is 1. The second-order valence-corrected chi connectivity index (χ2v) is 4.73. The summed E-state index contributed by atoms with van der Waals surface area (Å²) in [6.45, 7) is 10.0. The molecule has 0 unspecified atom stereocenters. The Balaban J connectivity index is 4.70. The van der Waals surface area contributed by atoms with Crippen LogP contribution in [-0.2, 0) is 9.53 Å². The number of rotatable bonds is 10. The molecule has 0 aromatic carbocycles. The van der Waals surface area contributed by atoms with Crippen molar-refractivity contribution in [3.05, 3.63) is 22.6 Å². The SMILES string of the molecule is C=C(C)[C@@H](CC(=O)OCC)[C@H](CCCCC)N=[N+]=[N-]. The molecule has 5 nitrogen and oxygen atoms in total. The molecular formula is C14H25N3O2. The first kappa shape index (κ1) is 17.5. The Hall–Kier alpha value is -1.48. The monoisotopic (exact) mass is 267 g/mol. The summed E-state index contributed by atoms with van der Waals surface area (Å²) in [5, 5.41) is 3.84. The third kappa shape index (κ3) is 7.52. The molecule has 108 valence electrons. The number of nitrogens with zero attached hydrogens (tertiary/aromatic N) is 3. The molecule has 0 radical (unpaired) electrons. The van der Waals surface area contributed by atoms with Gasteiger partial charge < -0.3 is 4.74 Å². The van der Waals surface area contributed by atoms with Gasteiger partial charge in [-0.15, -0.1) is 0 Å². The van der Waals surface area contributed by atoms with Gasteiger partial charge in [0.2, 0.25) is 0 Å². The Labute approximate surface area is 115 Å². The van der Waals surface area contributed by atoms with E-state index in [-0.39, 0.29) is 24.3 Å². The molecule has 0 saturated heterocycles. The molecule has 0 aliphatic heterocycles. The van der Waals surface area contributed by atoms with Gasteiger partial charge in [-0.2, -0.15) is 0 Å². The highest BCUT2D eigenvalue weighted by Crippen LogP contribution is 2.25. The van der Waals surface area contributed by atoms with Crippen molar-refractivity contribution >= 4 is 5.97 Å². The molecule has 19 heavy (non-hydrogen) atoms. The van der Waals surface area contributed by atoms with Crippen molar-refractivity contribution in [2.45, 2.75) is 58.9 Å². The van der Waals surface area contributed by atoms with Gasteiger partial charge in [-0.05, 0) is 31.7 Å². The fourth-order valence-corrected chi connectivity index (χ4v) is 2.05.